The van der Waals surface area contributed by atoms with Crippen molar-refractivity contribution in [2.24, 2.45) is 0 Å². The molecule has 0 aromatic carbocycles. The molecule has 0 atom stereocenters. The summed E-state index contributed by atoms with van der Waals surface area (Å²) in [6.45, 7) is 1.71. The smallest absolute Gasteiger partial charge is 0.0764 e. The van der Waals surface area contributed by atoms with Gasteiger partial charge in [-0.1, -0.05) is 0 Å². The maximum atomic E-state index is 9.77. The Labute approximate surface area is 50.3 Å². The highest BCUT2D eigenvalue weighted by atomic mass is 16.5. The lowest BCUT2D eigenvalue weighted by Crippen LogP contribution is -2.77. The third-order valence-corrected chi connectivity index (χ3v) is 0.927. The van der Waals surface area contributed by atoms with Gasteiger partial charge in [-0.3, -0.25) is 0 Å². The highest BCUT2D eigenvalue weighted by Crippen LogP contribution is 1.76. The summed E-state index contributed by atoms with van der Waals surface area (Å²) in [5.74, 6) is 0. The Morgan fingerprint density at radius 3 is 2.50 bits per heavy atom. The Balaban J connectivity index is 2.72. The lowest BCUT2D eigenvalue weighted by atomic mass is 10.4. The van der Waals surface area contributed by atoms with Crippen molar-refractivity contribution in [1.29, 1.82) is 0 Å². The minimum absolute atomic E-state index is 0.693. The van der Waals surface area contributed by atoms with E-state index in [-0.39, 0.29) is 0 Å². The molecule has 3 heteroatoms. The van der Waals surface area contributed by atoms with E-state index in [1.54, 1.807) is 0 Å². The number of hydrogen-bond donors (Lipinski definition) is 1. The molecule has 0 amide bonds. The minimum Gasteiger partial charge on any atom is -0.636 e. The topological polar surface area (TPSA) is 42.9 Å². The zero-order valence-electron chi connectivity index (χ0n) is 5.55. The molecule has 0 rings (SSSR count). The van der Waals surface area contributed by atoms with E-state index in [0.29, 0.717) is 6.54 Å². The largest absolute Gasteiger partial charge is 0.636 e. The van der Waals surface area contributed by atoms with E-state index in [0.717, 1.165) is 18.4 Å². The molecule has 2 N–H and O–H groups in total. The average molecular weight is 118 g/mol. The summed E-state index contributed by atoms with van der Waals surface area (Å²) >= 11 is 0. The van der Waals surface area contributed by atoms with E-state index < -0.39 is 0 Å². The summed E-state index contributed by atoms with van der Waals surface area (Å²) in [6, 6.07) is 0. The van der Waals surface area contributed by atoms with E-state index in [1.165, 1.54) is 0 Å². The van der Waals surface area contributed by atoms with Crippen molar-refractivity contribution in [2.75, 3.05) is 27.2 Å². The third kappa shape index (κ3) is 5.88. The predicted octanol–water partition coefficient (Wildman–Crippen LogP) is -1.00. The van der Waals surface area contributed by atoms with Crippen LogP contribution in [-0.4, -0.2) is 32.1 Å². The molecule has 8 heavy (non-hydrogen) atoms. The predicted molar refractivity (Wildman–Crippen MR) is 33.3 cm³/mol. The van der Waals surface area contributed by atoms with Crippen molar-refractivity contribution in [3.63, 3.8) is 0 Å². The minimum atomic E-state index is 0.693. The van der Waals surface area contributed by atoms with Crippen LogP contribution in [0.1, 0.15) is 6.42 Å². The highest BCUT2D eigenvalue weighted by molar-refractivity contribution is 4.39. The summed E-state index contributed by atoms with van der Waals surface area (Å²) in [4.78, 5) is 2.07. The second kappa shape index (κ2) is 5.03. The molecule has 0 spiro atoms. The van der Waals surface area contributed by atoms with Crippen LogP contribution < -0.4 is 5.48 Å². The lowest BCUT2D eigenvalue weighted by molar-refractivity contribution is -0.589. The number of hydrogen-bond acceptors (Lipinski definition) is 2. The zero-order chi connectivity index (χ0) is 6.41. The Hall–Kier alpha value is -0.120. The van der Waals surface area contributed by atoms with Crippen LogP contribution >= 0.6 is 0 Å². The van der Waals surface area contributed by atoms with Crippen LogP contribution in [0.15, 0.2) is 0 Å². The standard InChI is InChI=1S/C5H14N2O/c1-7(2)5-3-4-6-8/h3-6H2,1-2H3. The van der Waals surface area contributed by atoms with Crippen molar-refractivity contribution in [1.82, 2.24) is 4.90 Å². The van der Waals surface area contributed by atoms with Gasteiger partial charge in [-0.15, -0.1) is 0 Å². The van der Waals surface area contributed by atoms with Gasteiger partial charge in [-0.25, -0.2) is 0 Å². The second-order valence-electron chi connectivity index (χ2n) is 2.11. The number of nitrogens with zero attached hydrogens (tertiary/aromatic N) is 1. The Bertz CT molecular complexity index is 47.7. The summed E-state index contributed by atoms with van der Waals surface area (Å²) in [5, 5.41) is 9.77. The van der Waals surface area contributed by atoms with Crippen molar-refractivity contribution >= 4 is 0 Å². The first-order valence-electron chi connectivity index (χ1n) is 2.85. The lowest BCUT2D eigenvalue weighted by Gasteiger charge is -2.07. The van der Waals surface area contributed by atoms with Gasteiger partial charge in [0.25, 0.3) is 0 Å². The molecule has 0 heterocycles. The second-order valence-corrected chi connectivity index (χ2v) is 2.11. The van der Waals surface area contributed by atoms with Gasteiger partial charge in [0.2, 0.25) is 0 Å². The molecule has 0 aliphatic heterocycles. The maximum absolute atomic E-state index is 9.77. The number of rotatable bonds is 4. The summed E-state index contributed by atoms with van der Waals surface area (Å²) in [7, 11) is 4.01. The van der Waals surface area contributed by atoms with Crippen LogP contribution in [0, 0.1) is 5.21 Å². The molecular weight excluding hydrogens is 104 g/mol. The first-order chi connectivity index (χ1) is 3.77. The quantitative estimate of drug-likeness (QED) is 0.380. The fourth-order valence-corrected chi connectivity index (χ4v) is 0.491. The maximum Gasteiger partial charge on any atom is 0.0764 e. The third-order valence-electron chi connectivity index (χ3n) is 0.927. The van der Waals surface area contributed by atoms with E-state index >= 15 is 0 Å². The SMILES string of the molecule is CN(C)CCC[NH2+][O-]. The first kappa shape index (κ1) is 7.88. The van der Waals surface area contributed by atoms with Crippen LogP contribution in [0.2, 0.25) is 0 Å². The molecule has 0 saturated carbocycles. The molecule has 0 bridgehead atoms. The van der Waals surface area contributed by atoms with Gasteiger partial charge >= 0.3 is 0 Å². The van der Waals surface area contributed by atoms with Gasteiger partial charge in [0.05, 0.1) is 6.54 Å². The first-order valence-corrected chi connectivity index (χ1v) is 2.85. The molecule has 0 aliphatic carbocycles. The van der Waals surface area contributed by atoms with Gasteiger partial charge in [0, 0.05) is 13.0 Å². The van der Waals surface area contributed by atoms with Crippen LogP contribution in [0.25, 0.3) is 0 Å². The Kier molecular flexibility index (Phi) is 4.95. The van der Waals surface area contributed by atoms with Crippen LogP contribution in [0.3, 0.4) is 0 Å². The molecule has 0 saturated heterocycles. The molecule has 0 aromatic heterocycles. The monoisotopic (exact) mass is 118 g/mol. The van der Waals surface area contributed by atoms with Crippen LogP contribution in [-0.2, 0) is 0 Å². The van der Waals surface area contributed by atoms with Crippen molar-refractivity contribution in [3.8, 4) is 0 Å². The number of nitrogens with two attached hydrogens (primary N) is 1. The average Bonchev–Trinajstić information content (AvgIpc) is 1.66. The molecule has 50 valence electrons. The van der Waals surface area contributed by atoms with E-state index in [1.807, 2.05) is 14.1 Å². The van der Waals surface area contributed by atoms with Crippen molar-refractivity contribution < 1.29 is 5.48 Å². The van der Waals surface area contributed by atoms with Crippen molar-refractivity contribution in [3.05, 3.63) is 5.21 Å². The zero-order valence-corrected chi connectivity index (χ0v) is 5.55. The summed E-state index contributed by atoms with van der Waals surface area (Å²) in [5.41, 5.74) is 0.962. The van der Waals surface area contributed by atoms with Gasteiger partial charge < -0.3 is 15.6 Å². The van der Waals surface area contributed by atoms with Crippen molar-refractivity contribution in [2.45, 2.75) is 6.42 Å². The van der Waals surface area contributed by atoms with Gasteiger partial charge in [0.15, 0.2) is 0 Å². The molecule has 0 aromatic rings. The van der Waals surface area contributed by atoms with E-state index in [4.69, 9.17) is 0 Å². The fraction of sp³-hybridized carbons (Fsp3) is 1.00. The molecule has 0 unspecified atom stereocenters. The molecule has 0 aliphatic rings. The van der Waals surface area contributed by atoms with Gasteiger partial charge in [0.1, 0.15) is 0 Å². The van der Waals surface area contributed by atoms with Gasteiger partial charge in [-0.2, -0.15) is 0 Å². The summed E-state index contributed by atoms with van der Waals surface area (Å²) in [6.07, 6.45) is 0.983. The normalized spacial score (nSPS) is 10.5. The molecule has 0 fully saturated rings. The highest BCUT2D eigenvalue weighted by Gasteiger charge is 1.87. The molecular formula is C5H14N2O. The van der Waals surface area contributed by atoms with Crippen LogP contribution in [0.5, 0.6) is 0 Å². The van der Waals surface area contributed by atoms with Gasteiger partial charge in [-0.05, 0) is 14.1 Å². The molecule has 0 radical (unpaired) electrons. The van der Waals surface area contributed by atoms with Crippen LogP contribution in [0.4, 0.5) is 0 Å². The van der Waals surface area contributed by atoms with E-state index in [9.17, 15) is 5.21 Å². The number of quaternary nitrogens is 1. The summed E-state index contributed by atoms with van der Waals surface area (Å²) < 4.78 is 0. The fourth-order valence-electron chi connectivity index (χ4n) is 0.491. The number of hydroxylamine groups is 1. The Morgan fingerprint density at radius 1 is 1.50 bits per heavy atom. The Morgan fingerprint density at radius 2 is 2.12 bits per heavy atom. The van der Waals surface area contributed by atoms with E-state index in [2.05, 4.69) is 4.90 Å². The molecule has 3 nitrogen and oxygen atoms in total.